The summed E-state index contributed by atoms with van der Waals surface area (Å²) >= 11 is 2.05. The highest BCUT2D eigenvalue weighted by atomic mass is 32.2. The summed E-state index contributed by atoms with van der Waals surface area (Å²) in [6.07, 6.45) is 0. The van der Waals surface area contributed by atoms with Gasteiger partial charge in [0.25, 0.3) is 0 Å². The van der Waals surface area contributed by atoms with Crippen molar-refractivity contribution in [2.45, 2.75) is 22.7 Å². The lowest BCUT2D eigenvalue weighted by molar-refractivity contribution is -0.126. The lowest BCUT2D eigenvalue weighted by Gasteiger charge is -2.31. The van der Waals surface area contributed by atoms with Crippen molar-refractivity contribution < 1.29 is 29.0 Å². The average molecular weight is 528 g/mol. The van der Waals surface area contributed by atoms with Crippen LogP contribution in [0.1, 0.15) is 16.4 Å². The number of thiazole rings is 1. The van der Waals surface area contributed by atoms with E-state index in [1.54, 1.807) is 43.5 Å². The number of phenolic OH excluding ortho intramolecular Hbond substituents is 1. The second-order valence-electron chi connectivity index (χ2n) is 8.23. The fraction of sp³-hybridized carbons (Fsp3) is 0.250. The molecular weight excluding hydrogens is 506 g/mol. The van der Waals surface area contributed by atoms with Gasteiger partial charge in [0.15, 0.2) is 11.5 Å². The summed E-state index contributed by atoms with van der Waals surface area (Å²) in [4.78, 5) is 51.4. The Balaban J connectivity index is 1.52. The van der Waals surface area contributed by atoms with Gasteiger partial charge in [-0.3, -0.25) is 29.1 Å². The largest absolute Gasteiger partial charge is 0.504 e. The third kappa shape index (κ3) is 4.11. The first-order valence-corrected chi connectivity index (χ1v) is 12.6. The number of methoxy groups -OCH3 is 2. The summed E-state index contributed by atoms with van der Waals surface area (Å²) in [5.41, 5.74) is 1.16. The number of anilines is 1. The molecule has 0 bridgehead atoms. The molecule has 10 nitrogen and oxygen atoms in total. The Labute approximate surface area is 213 Å². The van der Waals surface area contributed by atoms with E-state index in [9.17, 15) is 24.3 Å². The van der Waals surface area contributed by atoms with Crippen molar-refractivity contribution in [3.05, 3.63) is 62.6 Å². The number of nitrogens with one attached hydrogen (secondary N) is 2. The molecule has 2 aliphatic heterocycles. The Morgan fingerprint density at radius 2 is 1.83 bits per heavy atom. The number of hydrogen-bond acceptors (Lipinski definition) is 9. The Kier molecular flexibility index (Phi) is 6.22. The van der Waals surface area contributed by atoms with Gasteiger partial charge < -0.3 is 19.9 Å². The molecule has 2 aliphatic rings. The number of phenols is 1. The molecular formula is C24H21N3O7S2. The van der Waals surface area contributed by atoms with Crippen LogP contribution in [0.15, 0.2) is 52.3 Å². The second-order valence-corrected chi connectivity index (χ2v) is 10.4. The molecule has 1 saturated heterocycles. The van der Waals surface area contributed by atoms with Crippen molar-refractivity contribution in [2.75, 3.05) is 19.5 Å². The monoisotopic (exact) mass is 527 g/mol. The van der Waals surface area contributed by atoms with Crippen molar-refractivity contribution in [1.82, 2.24) is 9.88 Å². The van der Waals surface area contributed by atoms with Crippen LogP contribution in [-0.2, 0) is 20.9 Å². The van der Waals surface area contributed by atoms with Crippen LogP contribution in [0, 0.1) is 5.92 Å². The van der Waals surface area contributed by atoms with Crippen LogP contribution in [0.25, 0.3) is 0 Å². The summed E-state index contributed by atoms with van der Waals surface area (Å²) in [6.45, 7) is -0.262. The fourth-order valence-corrected chi connectivity index (χ4v) is 7.18. The van der Waals surface area contributed by atoms with E-state index in [2.05, 4.69) is 10.6 Å². The lowest BCUT2D eigenvalue weighted by Crippen LogP contribution is -2.32. The smallest absolute Gasteiger partial charge is 0.308 e. The number of carbonyl (C=O) groups is 3. The summed E-state index contributed by atoms with van der Waals surface area (Å²) in [6, 6.07) is 11.5. The van der Waals surface area contributed by atoms with E-state index in [1.807, 2.05) is 0 Å². The number of rotatable bonds is 6. The van der Waals surface area contributed by atoms with Gasteiger partial charge in [-0.05, 0) is 42.0 Å². The van der Waals surface area contributed by atoms with E-state index in [0.717, 1.165) is 23.1 Å². The van der Waals surface area contributed by atoms with Gasteiger partial charge in [-0.25, -0.2) is 0 Å². The molecule has 0 saturated carbocycles. The standard InChI is InChI=1S/C24H21N3O7S2/c1-33-13-6-4-12(5-7-13)25-16(29)10-27-23-20(36-24(27)32)17(11-3-8-14(28)15(9-11)34-2)18-19(35-23)22(31)26-21(18)30/h3-9,17-19,28H,10H2,1-2H3,(H,25,29)(H,26,30,31). The molecule has 0 spiro atoms. The summed E-state index contributed by atoms with van der Waals surface area (Å²) in [5.74, 6) is -1.88. The van der Waals surface area contributed by atoms with Gasteiger partial charge >= 0.3 is 4.87 Å². The van der Waals surface area contributed by atoms with Gasteiger partial charge in [-0.2, -0.15) is 0 Å². The SMILES string of the molecule is COc1ccc(NC(=O)Cn2c3c(sc2=O)C(c2ccc(O)c(OC)c2)C2C(=O)NC(=O)C2S3)cc1. The number of aromatic nitrogens is 1. The van der Waals surface area contributed by atoms with Crippen molar-refractivity contribution in [1.29, 1.82) is 0 Å². The number of nitrogens with zero attached hydrogens (tertiary/aromatic N) is 1. The van der Waals surface area contributed by atoms with Crippen LogP contribution >= 0.6 is 23.1 Å². The van der Waals surface area contributed by atoms with Crippen molar-refractivity contribution in [3.8, 4) is 17.2 Å². The first kappa shape index (κ1) is 23.9. The van der Waals surface area contributed by atoms with E-state index >= 15 is 0 Å². The molecule has 3 aromatic rings. The van der Waals surface area contributed by atoms with E-state index in [1.165, 1.54) is 17.7 Å². The molecule has 0 radical (unpaired) electrons. The highest BCUT2D eigenvalue weighted by Gasteiger charge is 2.53. The molecule has 186 valence electrons. The molecule has 3 atom stereocenters. The number of imide groups is 1. The highest BCUT2D eigenvalue weighted by molar-refractivity contribution is 8.00. The quantitative estimate of drug-likeness (QED) is 0.415. The molecule has 12 heteroatoms. The number of amides is 3. The van der Waals surface area contributed by atoms with Crippen LogP contribution in [0.4, 0.5) is 5.69 Å². The Hall–Kier alpha value is -3.77. The van der Waals surface area contributed by atoms with E-state index in [4.69, 9.17) is 9.47 Å². The van der Waals surface area contributed by atoms with Gasteiger partial charge in [-0.15, -0.1) is 0 Å². The first-order chi connectivity index (χ1) is 17.3. The lowest BCUT2D eigenvalue weighted by atomic mass is 9.83. The van der Waals surface area contributed by atoms with Crippen molar-refractivity contribution in [3.63, 3.8) is 0 Å². The number of aromatic hydroxyl groups is 1. The number of benzene rings is 2. The molecule has 0 aliphatic carbocycles. The zero-order valence-electron chi connectivity index (χ0n) is 19.1. The number of carbonyl (C=O) groups excluding carboxylic acids is 3. The molecule has 2 aromatic carbocycles. The minimum atomic E-state index is -0.764. The second kappa shape index (κ2) is 9.36. The van der Waals surface area contributed by atoms with Gasteiger partial charge in [0.05, 0.1) is 25.2 Å². The molecule has 1 fully saturated rings. The maximum atomic E-state index is 13.0. The maximum absolute atomic E-state index is 13.0. The normalized spacial score (nSPS) is 20.3. The molecule has 5 rings (SSSR count). The van der Waals surface area contributed by atoms with Crippen LogP contribution in [0.3, 0.4) is 0 Å². The molecule has 3 amide bonds. The number of thioether (sulfide) groups is 1. The average Bonchev–Trinajstić information content (AvgIpc) is 3.33. The third-order valence-electron chi connectivity index (χ3n) is 6.13. The minimum absolute atomic E-state index is 0.0730. The van der Waals surface area contributed by atoms with E-state index < -0.39 is 34.8 Å². The predicted octanol–water partition coefficient (Wildman–Crippen LogP) is 2.15. The summed E-state index contributed by atoms with van der Waals surface area (Å²) < 4.78 is 11.7. The molecule has 3 unspecified atom stereocenters. The van der Waals surface area contributed by atoms with E-state index in [0.29, 0.717) is 26.9 Å². The number of fused-ring (bicyclic) bond motifs is 2. The number of ether oxygens (including phenoxy) is 2. The molecule has 36 heavy (non-hydrogen) atoms. The van der Waals surface area contributed by atoms with Gasteiger partial charge in [-0.1, -0.05) is 29.2 Å². The fourth-order valence-electron chi connectivity index (χ4n) is 4.44. The molecule has 1 aromatic heterocycles. The van der Waals surface area contributed by atoms with Crippen LogP contribution in [0.2, 0.25) is 0 Å². The van der Waals surface area contributed by atoms with Crippen LogP contribution in [0.5, 0.6) is 17.2 Å². The zero-order chi connectivity index (χ0) is 25.6. The van der Waals surface area contributed by atoms with Crippen LogP contribution in [-0.4, -0.2) is 46.9 Å². The van der Waals surface area contributed by atoms with Crippen LogP contribution < -0.4 is 25.0 Å². The van der Waals surface area contributed by atoms with Gasteiger partial charge in [0, 0.05) is 16.5 Å². The zero-order valence-corrected chi connectivity index (χ0v) is 20.8. The van der Waals surface area contributed by atoms with Gasteiger partial charge in [0.1, 0.15) is 17.5 Å². The van der Waals surface area contributed by atoms with Crippen molar-refractivity contribution >= 4 is 46.5 Å². The van der Waals surface area contributed by atoms with Crippen molar-refractivity contribution in [2.24, 2.45) is 5.92 Å². The van der Waals surface area contributed by atoms with Gasteiger partial charge in [0.2, 0.25) is 17.7 Å². The Morgan fingerprint density at radius 3 is 2.53 bits per heavy atom. The Morgan fingerprint density at radius 1 is 1.08 bits per heavy atom. The third-order valence-corrected chi connectivity index (χ3v) is 8.74. The predicted molar refractivity (Wildman–Crippen MR) is 133 cm³/mol. The highest BCUT2D eigenvalue weighted by Crippen LogP contribution is 2.52. The molecule has 3 heterocycles. The molecule has 3 N–H and O–H groups in total. The Bertz CT molecular complexity index is 1430. The van der Waals surface area contributed by atoms with E-state index in [-0.39, 0.29) is 22.9 Å². The topological polar surface area (TPSA) is 136 Å². The first-order valence-electron chi connectivity index (χ1n) is 10.9. The summed E-state index contributed by atoms with van der Waals surface area (Å²) in [7, 11) is 2.95. The summed E-state index contributed by atoms with van der Waals surface area (Å²) in [5, 5.41) is 14.9. The number of hydrogen-bond donors (Lipinski definition) is 3. The maximum Gasteiger partial charge on any atom is 0.308 e. The minimum Gasteiger partial charge on any atom is -0.504 e.